The Morgan fingerprint density at radius 3 is 1.26 bits per heavy atom. The molecule has 0 aromatic carbocycles. The number of carbonyl (C=O) groups is 1. The Morgan fingerprint density at radius 2 is 0.825 bits per heavy atom. The zero-order valence-corrected chi connectivity index (χ0v) is 50.8. The van der Waals surface area contributed by atoms with Crippen LogP contribution in [-0.2, 0) is 23.7 Å². The molecule has 0 spiro atoms. The van der Waals surface area contributed by atoms with E-state index in [-0.39, 0.29) is 12.5 Å². The van der Waals surface area contributed by atoms with Gasteiger partial charge in [0, 0.05) is 6.42 Å². The summed E-state index contributed by atoms with van der Waals surface area (Å²) < 4.78 is 22.8. The standard InChI is InChI=1S/C66H123NO13/c1-3-5-7-9-11-13-14-15-16-17-18-19-20-21-22-23-24-25-26-27-28-29-30-31-32-33-34-35-36-37-38-39-40-42-44-46-48-50-58(71)67-54(55(70)49-47-45-43-41-12-10-8-6-4-2)53-77-65-63(76)61(74)64(57(52-69)79-65)80-66-62(75)60(73)59(72)56(51-68)78-66/h14-15,17-18,20-21,54-57,59-66,68-70,72-76H,3-13,16,19,22-53H2,1-2H3,(H,67,71)/b15-14-,18-17-,21-20-. The quantitative estimate of drug-likeness (QED) is 0.0204. The van der Waals surface area contributed by atoms with Gasteiger partial charge in [-0.2, -0.15) is 0 Å². The number of nitrogens with one attached hydrogen (secondary N) is 1. The number of hydrogen-bond acceptors (Lipinski definition) is 13. The van der Waals surface area contributed by atoms with E-state index in [2.05, 4.69) is 55.6 Å². The molecule has 2 heterocycles. The summed E-state index contributed by atoms with van der Waals surface area (Å²) in [6.07, 6.45) is 47.8. The van der Waals surface area contributed by atoms with E-state index in [1.807, 2.05) is 0 Å². The van der Waals surface area contributed by atoms with Crippen LogP contribution in [0.4, 0.5) is 0 Å². The van der Waals surface area contributed by atoms with Gasteiger partial charge in [0.2, 0.25) is 5.91 Å². The fourth-order valence-electron chi connectivity index (χ4n) is 11.0. The number of rotatable bonds is 54. The third kappa shape index (κ3) is 36.1. The second-order valence-electron chi connectivity index (χ2n) is 23.6. The van der Waals surface area contributed by atoms with Crippen LogP contribution < -0.4 is 5.32 Å². The Hall–Kier alpha value is -1.79. The summed E-state index contributed by atoms with van der Waals surface area (Å²) in [5.41, 5.74) is 0. The van der Waals surface area contributed by atoms with Gasteiger partial charge >= 0.3 is 0 Å². The molecule has 12 atom stereocenters. The number of ether oxygens (including phenoxy) is 4. The van der Waals surface area contributed by atoms with Crippen molar-refractivity contribution >= 4 is 5.91 Å². The predicted octanol–water partition coefficient (Wildman–Crippen LogP) is 12.6. The summed E-state index contributed by atoms with van der Waals surface area (Å²) in [5, 5.41) is 87.1. The van der Waals surface area contributed by atoms with Gasteiger partial charge in [0.1, 0.15) is 48.8 Å². The zero-order valence-electron chi connectivity index (χ0n) is 50.8. The fourth-order valence-corrected chi connectivity index (χ4v) is 11.0. The molecule has 80 heavy (non-hydrogen) atoms. The minimum absolute atomic E-state index is 0.205. The highest BCUT2D eigenvalue weighted by Crippen LogP contribution is 2.30. The maximum absolute atomic E-state index is 13.2. The van der Waals surface area contributed by atoms with Crippen LogP contribution >= 0.6 is 0 Å². The maximum Gasteiger partial charge on any atom is 0.220 e. The van der Waals surface area contributed by atoms with Crippen LogP contribution in [0.2, 0.25) is 0 Å². The SMILES string of the molecule is CCCCCCC/C=C\C/C=C\C/C=C\CCCCCCCCCCCCCCCCCCCCCCCCC(=O)NC(COC1OC(CO)C(OC2OC(CO)C(O)C(O)C2O)C(O)C1O)C(O)CCCCCCCCCCC. The number of unbranched alkanes of at least 4 members (excludes halogenated alkanes) is 35. The van der Waals surface area contributed by atoms with E-state index in [1.54, 1.807) is 0 Å². The van der Waals surface area contributed by atoms with Crippen molar-refractivity contribution in [3.05, 3.63) is 36.5 Å². The summed E-state index contributed by atoms with van der Waals surface area (Å²) in [7, 11) is 0. The van der Waals surface area contributed by atoms with Crippen molar-refractivity contribution in [2.24, 2.45) is 0 Å². The minimum Gasteiger partial charge on any atom is -0.394 e. The number of allylic oxidation sites excluding steroid dienone is 6. The van der Waals surface area contributed by atoms with Crippen LogP contribution in [0.1, 0.15) is 284 Å². The lowest BCUT2D eigenvalue weighted by molar-refractivity contribution is -0.359. The molecule has 2 saturated heterocycles. The van der Waals surface area contributed by atoms with E-state index in [0.29, 0.717) is 12.8 Å². The first-order valence-electron chi connectivity index (χ1n) is 33.2. The van der Waals surface area contributed by atoms with E-state index >= 15 is 0 Å². The third-order valence-corrected chi connectivity index (χ3v) is 16.4. The molecule has 0 aliphatic carbocycles. The third-order valence-electron chi connectivity index (χ3n) is 16.4. The Morgan fingerprint density at radius 1 is 0.450 bits per heavy atom. The number of aliphatic hydroxyl groups excluding tert-OH is 8. The highest BCUT2D eigenvalue weighted by Gasteiger charge is 2.51. The summed E-state index contributed by atoms with van der Waals surface area (Å²) in [5.74, 6) is -0.205. The molecule has 14 heteroatoms. The van der Waals surface area contributed by atoms with E-state index in [0.717, 1.165) is 64.2 Å². The molecule has 0 aromatic rings. The van der Waals surface area contributed by atoms with Gasteiger partial charge in [-0.3, -0.25) is 4.79 Å². The van der Waals surface area contributed by atoms with Gasteiger partial charge in [0.05, 0.1) is 32.0 Å². The van der Waals surface area contributed by atoms with Gasteiger partial charge in [-0.25, -0.2) is 0 Å². The normalized spacial score (nSPS) is 24.4. The Bertz CT molecular complexity index is 1480. The van der Waals surface area contributed by atoms with Gasteiger partial charge in [-0.15, -0.1) is 0 Å². The average Bonchev–Trinajstić information content (AvgIpc) is 3.49. The van der Waals surface area contributed by atoms with E-state index in [4.69, 9.17) is 18.9 Å². The lowest BCUT2D eigenvalue weighted by Gasteiger charge is -2.46. The molecule has 0 bridgehead atoms. The molecule has 12 unspecified atom stereocenters. The van der Waals surface area contributed by atoms with Gasteiger partial charge in [-0.05, 0) is 51.4 Å². The van der Waals surface area contributed by atoms with Gasteiger partial charge < -0.3 is 65.1 Å². The van der Waals surface area contributed by atoms with E-state index in [1.165, 1.54) is 193 Å². The molecule has 0 radical (unpaired) electrons. The van der Waals surface area contributed by atoms with Crippen molar-refractivity contribution in [3.8, 4) is 0 Å². The van der Waals surface area contributed by atoms with Gasteiger partial charge in [-0.1, -0.05) is 262 Å². The topological polar surface area (TPSA) is 228 Å². The second-order valence-corrected chi connectivity index (χ2v) is 23.6. The van der Waals surface area contributed by atoms with E-state index in [9.17, 15) is 45.6 Å². The maximum atomic E-state index is 13.2. The predicted molar refractivity (Wildman–Crippen MR) is 323 cm³/mol. The fraction of sp³-hybridized carbons (Fsp3) is 0.894. The lowest BCUT2D eigenvalue weighted by atomic mass is 9.97. The first kappa shape index (κ1) is 74.3. The van der Waals surface area contributed by atoms with Crippen molar-refractivity contribution in [2.45, 2.75) is 357 Å². The van der Waals surface area contributed by atoms with Crippen LogP contribution in [0, 0.1) is 0 Å². The summed E-state index contributed by atoms with van der Waals surface area (Å²) in [6.45, 7) is 2.83. The summed E-state index contributed by atoms with van der Waals surface area (Å²) in [6, 6.07) is -0.824. The van der Waals surface area contributed by atoms with Crippen LogP contribution in [0.15, 0.2) is 36.5 Å². The Labute approximate surface area is 487 Å². The van der Waals surface area contributed by atoms with Crippen LogP contribution in [-0.4, -0.2) is 140 Å². The molecule has 2 fully saturated rings. The van der Waals surface area contributed by atoms with Crippen molar-refractivity contribution < 1.29 is 64.6 Å². The highest BCUT2D eigenvalue weighted by molar-refractivity contribution is 5.76. The lowest BCUT2D eigenvalue weighted by Crippen LogP contribution is -2.65. The largest absolute Gasteiger partial charge is 0.394 e. The molecule has 1 amide bonds. The van der Waals surface area contributed by atoms with Crippen LogP contribution in [0.3, 0.4) is 0 Å². The van der Waals surface area contributed by atoms with Crippen LogP contribution in [0.25, 0.3) is 0 Å². The molecule has 2 aliphatic rings. The monoisotopic (exact) mass is 1140 g/mol. The molecular formula is C66H123NO13. The smallest absolute Gasteiger partial charge is 0.220 e. The number of amides is 1. The summed E-state index contributed by atoms with van der Waals surface area (Å²) in [4.78, 5) is 13.2. The minimum atomic E-state index is -1.78. The van der Waals surface area contributed by atoms with Crippen molar-refractivity contribution in [1.82, 2.24) is 5.32 Å². The van der Waals surface area contributed by atoms with Gasteiger partial charge in [0.15, 0.2) is 12.6 Å². The van der Waals surface area contributed by atoms with E-state index < -0.39 is 86.8 Å². The Kier molecular flexibility index (Phi) is 47.9. The summed E-state index contributed by atoms with van der Waals surface area (Å²) >= 11 is 0. The van der Waals surface area contributed by atoms with Gasteiger partial charge in [0.25, 0.3) is 0 Å². The molecule has 14 nitrogen and oxygen atoms in total. The molecular weight excluding hydrogens is 1010 g/mol. The number of carbonyl (C=O) groups excluding carboxylic acids is 1. The first-order chi connectivity index (χ1) is 39.1. The van der Waals surface area contributed by atoms with Crippen molar-refractivity contribution in [1.29, 1.82) is 0 Å². The average molecular weight is 1140 g/mol. The van der Waals surface area contributed by atoms with Crippen LogP contribution in [0.5, 0.6) is 0 Å². The molecule has 0 saturated carbocycles. The van der Waals surface area contributed by atoms with Crippen molar-refractivity contribution in [2.75, 3.05) is 19.8 Å². The highest BCUT2D eigenvalue weighted by atomic mass is 16.7. The first-order valence-corrected chi connectivity index (χ1v) is 33.2. The number of aliphatic hydroxyl groups is 8. The molecule has 9 N–H and O–H groups in total. The molecule has 470 valence electrons. The van der Waals surface area contributed by atoms with Crippen molar-refractivity contribution in [3.63, 3.8) is 0 Å². The molecule has 2 aliphatic heterocycles. The Balaban J connectivity index is 1.53. The number of hydrogen-bond donors (Lipinski definition) is 9. The zero-order chi connectivity index (χ0) is 58.1. The molecule has 2 rings (SSSR count). The second kappa shape index (κ2) is 51.6. The molecule has 0 aromatic heterocycles.